The van der Waals surface area contributed by atoms with Crippen LogP contribution in [0.15, 0.2) is 12.3 Å². The molecule has 0 aromatic carbocycles. The van der Waals surface area contributed by atoms with Crippen LogP contribution in [0.1, 0.15) is 43.7 Å². The van der Waals surface area contributed by atoms with E-state index in [1.165, 1.54) is 0 Å². The zero-order valence-corrected chi connectivity index (χ0v) is 15.1. The van der Waals surface area contributed by atoms with Gasteiger partial charge in [-0.15, -0.1) is 0 Å². The van der Waals surface area contributed by atoms with E-state index in [2.05, 4.69) is 4.98 Å². The van der Waals surface area contributed by atoms with Gasteiger partial charge < -0.3 is 18.9 Å². The molecule has 0 N–H and O–H groups in total. The Morgan fingerprint density at radius 1 is 1.17 bits per heavy atom. The fourth-order valence-electron chi connectivity index (χ4n) is 2.83. The van der Waals surface area contributed by atoms with Crippen LogP contribution in [0.5, 0.6) is 0 Å². The first-order valence-corrected chi connectivity index (χ1v) is 8.40. The Bertz CT molecular complexity index is 625. The topological polar surface area (TPSA) is 60.9 Å². The van der Waals surface area contributed by atoms with Gasteiger partial charge in [-0.25, -0.2) is 0 Å². The smallest absolute Gasteiger partial charge is 0.399 e. The molecule has 2 aliphatic rings. The van der Waals surface area contributed by atoms with Crippen molar-refractivity contribution in [3.05, 3.63) is 23.5 Å². The average molecular weight is 332 g/mol. The molecule has 0 atom stereocenters. The van der Waals surface area contributed by atoms with E-state index < -0.39 is 18.3 Å². The molecule has 3 rings (SSSR count). The molecule has 130 valence electrons. The summed E-state index contributed by atoms with van der Waals surface area (Å²) in [6, 6.07) is 1.82. The van der Waals surface area contributed by atoms with Crippen LogP contribution in [0.4, 0.5) is 0 Å². The maximum atomic E-state index is 12.5. The van der Waals surface area contributed by atoms with Gasteiger partial charge in [0.1, 0.15) is 5.69 Å². The fourth-order valence-corrected chi connectivity index (χ4v) is 2.83. The van der Waals surface area contributed by atoms with Crippen LogP contribution >= 0.6 is 0 Å². The molecule has 0 bridgehead atoms. The summed E-state index contributed by atoms with van der Waals surface area (Å²) in [5, 5.41) is 0. The van der Waals surface area contributed by atoms with Crippen molar-refractivity contribution < 1.29 is 18.8 Å². The van der Waals surface area contributed by atoms with Crippen molar-refractivity contribution >= 4 is 18.5 Å². The first kappa shape index (κ1) is 17.4. The zero-order valence-electron chi connectivity index (χ0n) is 15.1. The first-order chi connectivity index (χ1) is 11.2. The Labute approximate surface area is 143 Å². The number of pyridine rings is 1. The normalized spacial score (nSPS) is 22.7. The SMILES string of the molecule is Cc1cc(C(=O)N2CCOCC2)ncc1B1OC(C)(C)C(C)(C)O1. The van der Waals surface area contributed by atoms with Crippen LogP contribution in [0, 0.1) is 6.92 Å². The van der Waals surface area contributed by atoms with Crippen molar-refractivity contribution in [1.29, 1.82) is 0 Å². The molecule has 3 heterocycles. The van der Waals surface area contributed by atoms with Gasteiger partial charge in [0.2, 0.25) is 0 Å². The van der Waals surface area contributed by atoms with Gasteiger partial charge in [-0.05, 0) is 46.2 Å². The highest BCUT2D eigenvalue weighted by Crippen LogP contribution is 2.36. The summed E-state index contributed by atoms with van der Waals surface area (Å²) in [4.78, 5) is 18.7. The van der Waals surface area contributed by atoms with Crippen molar-refractivity contribution in [3.8, 4) is 0 Å². The minimum absolute atomic E-state index is 0.0538. The molecule has 2 saturated heterocycles. The quantitative estimate of drug-likeness (QED) is 0.761. The summed E-state index contributed by atoms with van der Waals surface area (Å²) in [6.45, 7) is 12.4. The van der Waals surface area contributed by atoms with E-state index in [1.54, 1.807) is 11.1 Å². The number of rotatable bonds is 2. The molecule has 2 fully saturated rings. The summed E-state index contributed by atoms with van der Waals surface area (Å²) in [7, 11) is -0.463. The van der Waals surface area contributed by atoms with Gasteiger partial charge >= 0.3 is 7.12 Å². The fraction of sp³-hybridized carbons (Fsp3) is 0.647. The maximum Gasteiger partial charge on any atom is 0.496 e. The Morgan fingerprint density at radius 2 is 1.75 bits per heavy atom. The number of aromatic nitrogens is 1. The van der Waals surface area contributed by atoms with Gasteiger partial charge in [-0.2, -0.15) is 0 Å². The summed E-state index contributed by atoms with van der Waals surface area (Å²) < 4.78 is 17.4. The van der Waals surface area contributed by atoms with Crippen LogP contribution in [0.3, 0.4) is 0 Å². The second kappa shape index (κ2) is 6.13. The summed E-state index contributed by atoms with van der Waals surface area (Å²) >= 11 is 0. The number of carbonyl (C=O) groups is 1. The zero-order chi connectivity index (χ0) is 17.5. The van der Waals surface area contributed by atoms with Crippen LogP contribution in [0.2, 0.25) is 0 Å². The standard InChI is InChI=1S/C17H25BN2O4/c1-12-10-14(15(21)20-6-8-22-9-7-20)19-11-13(12)18-23-16(2,3)17(4,5)24-18/h10-11H,6-9H2,1-5H3. The molecule has 7 heteroatoms. The minimum atomic E-state index is -0.463. The van der Waals surface area contributed by atoms with Gasteiger partial charge in [-0.3, -0.25) is 9.78 Å². The molecular formula is C17H25BN2O4. The lowest BCUT2D eigenvalue weighted by Gasteiger charge is -2.32. The predicted octanol–water partition coefficient (Wildman–Crippen LogP) is 1.16. The van der Waals surface area contributed by atoms with Gasteiger partial charge in [-0.1, -0.05) is 0 Å². The highest BCUT2D eigenvalue weighted by Gasteiger charge is 2.52. The third kappa shape index (κ3) is 3.08. The molecule has 2 aliphatic heterocycles. The molecule has 1 aromatic heterocycles. The number of hydrogen-bond donors (Lipinski definition) is 0. The van der Waals surface area contributed by atoms with Gasteiger partial charge in [0.25, 0.3) is 5.91 Å². The van der Waals surface area contributed by atoms with Crippen LogP contribution < -0.4 is 5.46 Å². The van der Waals surface area contributed by atoms with Crippen molar-refractivity contribution in [2.45, 2.75) is 45.8 Å². The average Bonchev–Trinajstić information content (AvgIpc) is 2.75. The molecule has 6 nitrogen and oxygen atoms in total. The summed E-state index contributed by atoms with van der Waals surface area (Å²) in [6.07, 6.45) is 1.70. The lowest BCUT2D eigenvalue weighted by molar-refractivity contribution is 0.00578. The Hall–Kier alpha value is -1.44. The third-order valence-corrected chi connectivity index (χ3v) is 5.18. The molecule has 0 saturated carbocycles. The highest BCUT2D eigenvalue weighted by molar-refractivity contribution is 6.62. The lowest BCUT2D eigenvalue weighted by atomic mass is 9.77. The minimum Gasteiger partial charge on any atom is -0.399 e. The molecule has 1 amide bonds. The predicted molar refractivity (Wildman–Crippen MR) is 91.4 cm³/mol. The first-order valence-electron chi connectivity index (χ1n) is 8.40. The molecule has 0 unspecified atom stereocenters. The number of nitrogens with zero attached hydrogens (tertiary/aromatic N) is 2. The van der Waals surface area contributed by atoms with E-state index in [1.807, 2.05) is 40.7 Å². The van der Waals surface area contributed by atoms with E-state index in [4.69, 9.17) is 14.0 Å². The summed E-state index contributed by atoms with van der Waals surface area (Å²) in [5.41, 5.74) is 1.47. The number of aryl methyl sites for hydroxylation is 1. The Morgan fingerprint density at radius 3 is 2.29 bits per heavy atom. The van der Waals surface area contributed by atoms with Crippen molar-refractivity contribution in [1.82, 2.24) is 9.88 Å². The number of hydrogen-bond acceptors (Lipinski definition) is 5. The van der Waals surface area contributed by atoms with E-state index in [0.717, 1.165) is 11.0 Å². The van der Waals surface area contributed by atoms with Crippen molar-refractivity contribution in [2.75, 3.05) is 26.3 Å². The highest BCUT2D eigenvalue weighted by atomic mass is 16.7. The van der Waals surface area contributed by atoms with E-state index in [-0.39, 0.29) is 5.91 Å². The van der Waals surface area contributed by atoms with Gasteiger partial charge in [0, 0.05) is 24.7 Å². The van der Waals surface area contributed by atoms with E-state index >= 15 is 0 Å². The van der Waals surface area contributed by atoms with E-state index in [9.17, 15) is 4.79 Å². The summed E-state index contributed by atoms with van der Waals surface area (Å²) in [5.74, 6) is -0.0538. The molecule has 0 aliphatic carbocycles. The monoisotopic (exact) mass is 332 g/mol. The second-order valence-electron chi connectivity index (χ2n) is 7.42. The molecular weight excluding hydrogens is 307 g/mol. The lowest BCUT2D eigenvalue weighted by Crippen LogP contribution is -2.42. The van der Waals surface area contributed by atoms with Crippen molar-refractivity contribution in [3.63, 3.8) is 0 Å². The number of ether oxygens (including phenoxy) is 1. The van der Waals surface area contributed by atoms with Crippen LogP contribution in [-0.2, 0) is 14.0 Å². The molecule has 0 radical (unpaired) electrons. The molecule has 0 spiro atoms. The van der Waals surface area contributed by atoms with Gasteiger partial charge in [0.15, 0.2) is 0 Å². The molecule has 24 heavy (non-hydrogen) atoms. The third-order valence-electron chi connectivity index (χ3n) is 5.18. The van der Waals surface area contributed by atoms with Crippen molar-refractivity contribution in [2.24, 2.45) is 0 Å². The number of amides is 1. The van der Waals surface area contributed by atoms with Crippen LogP contribution in [0.25, 0.3) is 0 Å². The number of carbonyl (C=O) groups excluding carboxylic acids is 1. The Balaban J connectivity index is 1.79. The van der Waals surface area contributed by atoms with E-state index in [0.29, 0.717) is 32.0 Å². The maximum absolute atomic E-state index is 12.5. The van der Waals surface area contributed by atoms with Crippen LogP contribution in [-0.4, -0.2) is 60.4 Å². The van der Waals surface area contributed by atoms with Gasteiger partial charge in [0.05, 0.1) is 24.4 Å². The molecule has 1 aromatic rings. The second-order valence-corrected chi connectivity index (χ2v) is 7.42. The Kier molecular flexibility index (Phi) is 4.44. The largest absolute Gasteiger partial charge is 0.496 e. The number of morpholine rings is 1.